The summed E-state index contributed by atoms with van der Waals surface area (Å²) in [6.07, 6.45) is 0.659. The first-order valence-corrected chi connectivity index (χ1v) is 6.46. The van der Waals surface area contributed by atoms with Crippen molar-refractivity contribution in [3.63, 3.8) is 0 Å². The highest BCUT2D eigenvalue weighted by molar-refractivity contribution is 6.06. The summed E-state index contributed by atoms with van der Waals surface area (Å²) in [7, 11) is 0. The first-order valence-electron chi connectivity index (χ1n) is 6.46. The molecule has 0 N–H and O–H groups in total. The Bertz CT molecular complexity index is 261. The van der Waals surface area contributed by atoms with Crippen LogP contribution in [0.25, 0.3) is 0 Å². The molecule has 0 aromatic carbocycles. The smallest absolute Gasteiger partial charge is 0.148 e. The molecule has 0 fully saturated rings. The van der Waals surface area contributed by atoms with E-state index < -0.39 is 16.7 Å². The van der Waals surface area contributed by atoms with Crippen LogP contribution in [-0.4, -0.2) is 11.6 Å². The Morgan fingerprint density at radius 2 is 1.12 bits per heavy atom. The maximum absolute atomic E-state index is 12.4. The van der Waals surface area contributed by atoms with Crippen molar-refractivity contribution in [1.29, 1.82) is 0 Å². The summed E-state index contributed by atoms with van der Waals surface area (Å²) < 4.78 is 0. The van der Waals surface area contributed by atoms with Crippen LogP contribution in [0.3, 0.4) is 0 Å². The number of hydrogen-bond acceptors (Lipinski definition) is 2. The molecule has 0 amide bonds. The van der Waals surface area contributed by atoms with Crippen molar-refractivity contribution in [2.45, 2.75) is 61.8 Å². The molecule has 0 aliphatic rings. The molecule has 0 rings (SSSR count). The van der Waals surface area contributed by atoms with Crippen molar-refractivity contribution in [1.82, 2.24) is 0 Å². The Hall–Kier alpha value is -0.660. The lowest BCUT2D eigenvalue weighted by Crippen LogP contribution is -2.39. The van der Waals surface area contributed by atoms with E-state index in [1.54, 1.807) is 0 Å². The standard InChI is InChI=1S/C15H28O2/c1-10(2)9-11(12(16)14(3,4)5)13(17)15(6,7)8/h10-11H,9H2,1-8H3. The first kappa shape index (κ1) is 16.3. The van der Waals surface area contributed by atoms with Gasteiger partial charge in [0.05, 0.1) is 5.92 Å². The molecular formula is C15H28O2. The van der Waals surface area contributed by atoms with Crippen LogP contribution in [0.2, 0.25) is 0 Å². The lowest BCUT2D eigenvalue weighted by atomic mass is 9.72. The van der Waals surface area contributed by atoms with Crippen LogP contribution >= 0.6 is 0 Å². The largest absolute Gasteiger partial charge is 0.298 e. The van der Waals surface area contributed by atoms with Gasteiger partial charge in [-0.05, 0) is 12.3 Å². The van der Waals surface area contributed by atoms with Gasteiger partial charge in [0.1, 0.15) is 11.6 Å². The van der Waals surface area contributed by atoms with Gasteiger partial charge in [0.25, 0.3) is 0 Å². The zero-order valence-corrected chi connectivity index (χ0v) is 12.7. The molecule has 0 atom stereocenters. The Labute approximate surface area is 106 Å². The van der Waals surface area contributed by atoms with E-state index >= 15 is 0 Å². The highest BCUT2D eigenvalue weighted by Gasteiger charge is 2.39. The summed E-state index contributed by atoms with van der Waals surface area (Å²) >= 11 is 0. The summed E-state index contributed by atoms with van der Waals surface area (Å²) in [4.78, 5) is 24.7. The molecule has 0 unspecified atom stereocenters. The topological polar surface area (TPSA) is 34.1 Å². The van der Waals surface area contributed by atoms with Gasteiger partial charge in [-0.15, -0.1) is 0 Å². The van der Waals surface area contributed by atoms with Crippen molar-refractivity contribution >= 4 is 11.6 Å². The van der Waals surface area contributed by atoms with Crippen molar-refractivity contribution in [3.8, 4) is 0 Å². The number of carbonyl (C=O) groups excluding carboxylic acids is 2. The molecule has 100 valence electrons. The summed E-state index contributed by atoms with van der Waals surface area (Å²) in [5.74, 6) is 0.0600. The monoisotopic (exact) mass is 240 g/mol. The van der Waals surface area contributed by atoms with E-state index in [1.165, 1.54) is 0 Å². The molecule has 17 heavy (non-hydrogen) atoms. The second-order valence-corrected chi connectivity index (χ2v) is 7.41. The molecule has 0 saturated heterocycles. The third-order valence-electron chi connectivity index (χ3n) is 2.82. The first-order chi connectivity index (χ1) is 7.37. The van der Waals surface area contributed by atoms with E-state index in [-0.39, 0.29) is 11.6 Å². The van der Waals surface area contributed by atoms with Crippen molar-refractivity contribution in [3.05, 3.63) is 0 Å². The number of rotatable bonds is 4. The molecule has 0 heterocycles. The van der Waals surface area contributed by atoms with Crippen LogP contribution in [0.5, 0.6) is 0 Å². The van der Waals surface area contributed by atoms with E-state index in [2.05, 4.69) is 13.8 Å². The summed E-state index contributed by atoms with van der Waals surface area (Å²) in [6.45, 7) is 15.4. The van der Waals surface area contributed by atoms with E-state index in [0.29, 0.717) is 12.3 Å². The fourth-order valence-electron chi connectivity index (χ4n) is 1.85. The quantitative estimate of drug-likeness (QED) is 0.699. The molecule has 0 bridgehead atoms. The van der Waals surface area contributed by atoms with Crippen LogP contribution in [0.4, 0.5) is 0 Å². The van der Waals surface area contributed by atoms with Crippen LogP contribution in [0.1, 0.15) is 61.8 Å². The maximum Gasteiger partial charge on any atom is 0.148 e. The van der Waals surface area contributed by atoms with Crippen LogP contribution in [-0.2, 0) is 9.59 Å². The highest BCUT2D eigenvalue weighted by atomic mass is 16.2. The van der Waals surface area contributed by atoms with Gasteiger partial charge in [-0.1, -0.05) is 55.4 Å². The third-order valence-corrected chi connectivity index (χ3v) is 2.82. The van der Waals surface area contributed by atoms with E-state index in [4.69, 9.17) is 0 Å². The second kappa shape index (κ2) is 5.32. The van der Waals surface area contributed by atoms with Crippen LogP contribution < -0.4 is 0 Å². The Balaban J connectivity index is 5.16. The van der Waals surface area contributed by atoms with Gasteiger partial charge < -0.3 is 0 Å². The molecule has 0 spiro atoms. The van der Waals surface area contributed by atoms with Crippen molar-refractivity contribution in [2.24, 2.45) is 22.7 Å². The number of Topliss-reactive ketones (excluding diaryl/α,β-unsaturated/α-hetero) is 2. The van der Waals surface area contributed by atoms with Gasteiger partial charge >= 0.3 is 0 Å². The molecule has 2 heteroatoms. The van der Waals surface area contributed by atoms with Gasteiger partial charge in [0.2, 0.25) is 0 Å². The fourth-order valence-corrected chi connectivity index (χ4v) is 1.85. The SMILES string of the molecule is CC(C)CC(C(=O)C(C)(C)C)C(=O)C(C)(C)C. The average Bonchev–Trinajstić information content (AvgIpc) is 2.08. The molecule has 0 aromatic heterocycles. The molecular weight excluding hydrogens is 212 g/mol. The number of ketones is 2. The Morgan fingerprint density at radius 1 is 0.824 bits per heavy atom. The number of hydrogen-bond donors (Lipinski definition) is 0. The normalized spacial score (nSPS) is 13.3. The summed E-state index contributed by atoms with van der Waals surface area (Å²) in [5, 5.41) is 0. The van der Waals surface area contributed by atoms with E-state index in [1.807, 2.05) is 41.5 Å². The zero-order valence-electron chi connectivity index (χ0n) is 12.7. The lowest BCUT2D eigenvalue weighted by Gasteiger charge is -2.29. The lowest BCUT2D eigenvalue weighted by molar-refractivity contribution is -0.142. The molecule has 0 radical (unpaired) electrons. The minimum absolute atomic E-state index is 0.0751. The van der Waals surface area contributed by atoms with Gasteiger partial charge in [-0.25, -0.2) is 0 Å². The maximum atomic E-state index is 12.4. The molecule has 0 saturated carbocycles. The number of carbonyl (C=O) groups is 2. The van der Waals surface area contributed by atoms with Crippen molar-refractivity contribution in [2.75, 3.05) is 0 Å². The Kier molecular flexibility index (Phi) is 5.12. The van der Waals surface area contributed by atoms with Crippen LogP contribution in [0, 0.1) is 22.7 Å². The minimum atomic E-state index is -0.449. The highest BCUT2D eigenvalue weighted by Crippen LogP contribution is 2.31. The molecule has 0 aliphatic heterocycles. The van der Waals surface area contributed by atoms with Gasteiger partial charge in [0, 0.05) is 10.8 Å². The zero-order chi connectivity index (χ0) is 14.0. The van der Waals surface area contributed by atoms with Gasteiger partial charge in [-0.3, -0.25) is 9.59 Å². The summed E-state index contributed by atoms with van der Waals surface area (Å²) in [5.41, 5.74) is -0.888. The molecule has 0 aliphatic carbocycles. The van der Waals surface area contributed by atoms with E-state index in [9.17, 15) is 9.59 Å². The summed E-state index contributed by atoms with van der Waals surface area (Å²) in [6, 6.07) is 0. The predicted molar refractivity (Wildman–Crippen MR) is 71.9 cm³/mol. The fraction of sp³-hybridized carbons (Fsp3) is 0.867. The Morgan fingerprint density at radius 3 is 1.29 bits per heavy atom. The predicted octanol–water partition coefficient (Wildman–Crippen LogP) is 3.88. The average molecular weight is 240 g/mol. The minimum Gasteiger partial charge on any atom is -0.298 e. The third kappa shape index (κ3) is 5.01. The molecule has 0 aromatic rings. The van der Waals surface area contributed by atoms with Gasteiger partial charge in [-0.2, -0.15) is 0 Å². The second-order valence-electron chi connectivity index (χ2n) is 7.41. The van der Waals surface area contributed by atoms with Gasteiger partial charge in [0.15, 0.2) is 0 Å². The van der Waals surface area contributed by atoms with E-state index in [0.717, 1.165) is 0 Å². The van der Waals surface area contributed by atoms with Crippen molar-refractivity contribution < 1.29 is 9.59 Å². The van der Waals surface area contributed by atoms with Crippen LogP contribution in [0.15, 0.2) is 0 Å². The molecule has 2 nitrogen and oxygen atoms in total.